The summed E-state index contributed by atoms with van der Waals surface area (Å²) < 4.78 is 5.15. The minimum atomic E-state index is 0.420. The van der Waals surface area contributed by atoms with Gasteiger partial charge in [0.15, 0.2) is 5.82 Å². The van der Waals surface area contributed by atoms with Gasteiger partial charge in [0, 0.05) is 21.9 Å². The van der Waals surface area contributed by atoms with Gasteiger partial charge in [-0.05, 0) is 18.2 Å². The molecular weight excluding hydrogens is 303 g/mol. The third-order valence-electron chi connectivity index (χ3n) is 2.64. The molecule has 0 bridgehead atoms. The fourth-order valence-electron chi connectivity index (χ4n) is 1.72. The highest BCUT2D eigenvalue weighted by Crippen LogP contribution is 2.32. The molecule has 3 nitrogen and oxygen atoms in total. The molecule has 0 fully saturated rings. The van der Waals surface area contributed by atoms with Crippen molar-refractivity contribution in [2.24, 2.45) is 0 Å². The predicted octanol–water partition coefficient (Wildman–Crippen LogP) is 4.67. The van der Waals surface area contributed by atoms with E-state index in [0.29, 0.717) is 16.0 Å². The van der Waals surface area contributed by atoms with Crippen molar-refractivity contribution in [3.05, 3.63) is 39.8 Å². The number of fused-ring (bicyclic) bond motifs is 1. The molecule has 3 rings (SSSR count). The molecule has 0 amide bonds. The van der Waals surface area contributed by atoms with E-state index in [1.165, 1.54) is 11.3 Å². The van der Waals surface area contributed by atoms with Crippen LogP contribution < -0.4 is 4.74 Å². The molecule has 0 saturated carbocycles. The topological polar surface area (TPSA) is 35.0 Å². The minimum absolute atomic E-state index is 0.420. The number of hydrogen-bond acceptors (Lipinski definition) is 4. The summed E-state index contributed by atoms with van der Waals surface area (Å²) in [5, 5.41) is 3.73. The molecule has 0 aliphatic heterocycles. The highest BCUT2D eigenvalue weighted by molar-refractivity contribution is 7.13. The summed E-state index contributed by atoms with van der Waals surface area (Å²) in [5.41, 5.74) is 0.731. The molecule has 1 aromatic carbocycles. The van der Waals surface area contributed by atoms with Crippen LogP contribution >= 0.6 is 34.5 Å². The van der Waals surface area contributed by atoms with Crippen LogP contribution in [0.15, 0.2) is 29.6 Å². The Kier molecular flexibility index (Phi) is 3.31. The summed E-state index contributed by atoms with van der Waals surface area (Å²) >= 11 is 13.7. The molecule has 0 unspecified atom stereocenters. The van der Waals surface area contributed by atoms with Crippen molar-refractivity contribution in [2.45, 2.75) is 0 Å². The Labute approximate surface area is 123 Å². The molecule has 0 N–H and O–H groups in total. The van der Waals surface area contributed by atoms with Gasteiger partial charge in [-0.15, -0.1) is 11.3 Å². The van der Waals surface area contributed by atoms with Gasteiger partial charge in [-0.2, -0.15) is 0 Å². The van der Waals surface area contributed by atoms with E-state index in [9.17, 15) is 0 Å². The zero-order valence-electron chi connectivity index (χ0n) is 9.85. The number of halogens is 2. The molecule has 0 atom stereocenters. The van der Waals surface area contributed by atoms with Crippen LogP contribution in [0.25, 0.3) is 21.6 Å². The van der Waals surface area contributed by atoms with Gasteiger partial charge in [0.05, 0.1) is 17.5 Å². The number of thiophene rings is 1. The molecule has 3 aromatic rings. The Morgan fingerprint density at radius 3 is 2.74 bits per heavy atom. The van der Waals surface area contributed by atoms with Crippen LogP contribution in [-0.4, -0.2) is 17.1 Å². The first kappa shape index (κ1) is 12.7. The number of benzene rings is 1. The molecule has 2 heterocycles. The van der Waals surface area contributed by atoms with Gasteiger partial charge in [0.1, 0.15) is 10.9 Å². The molecule has 6 heteroatoms. The second kappa shape index (κ2) is 4.96. The Morgan fingerprint density at radius 1 is 1.16 bits per heavy atom. The molecule has 0 saturated heterocycles. The second-order valence-corrected chi connectivity index (χ2v) is 5.56. The highest BCUT2D eigenvalue weighted by Gasteiger charge is 2.10. The minimum Gasteiger partial charge on any atom is -0.496 e. The summed E-state index contributed by atoms with van der Waals surface area (Å²) in [6.45, 7) is 0. The summed E-state index contributed by atoms with van der Waals surface area (Å²) in [6, 6.07) is 7.25. The van der Waals surface area contributed by atoms with Crippen molar-refractivity contribution in [3.8, 4) is 16.5 Å². The van der Waals surface area contributed by atoms with Crippen LogP contribution in [0.3, 0.4) is 0 Å². The van der Waals surface area contributed by atoms with Crippen LogP contribution in [0.4, 0.5) is 0 Å². The lowest BCUT2D eigenvalue weighted by molar-refractivity contribution is 0.417. The molecule has 96 valence electrons. The van der Waals surface area contributed by atoms with Crippen molar-refractivity contribution in [1.29, 1.82) is 0 Å². The third-order valence-corrected chi connectivity index (χ3v) is 4.07. The zero-order valence-corrected chi connectivity index (χ0v) is 12.2. The molecule has 0 aliphatic carbocycles. The normalized spacial score (nSPS) is 10.9. The first-order valence-electron chi connectivity index (χ1n) is 5.43. The molecular formula is C13H8Cl2N2OS. The van der Waals surface area contributed by atoms with E-state index in [-0.39, 0.29) is 0 Å². The summed E-state index contributed by atoms with van der Waals surface area (Å²) in [7, 11) is 1.62. The number of ether oxygens (including phenoxy) is 1. The second-order valence-electron chi connectivity index (χ2n) is 3.85. The molecule has 0 spiro atoms. The largest absolute Gasteiger partial charge is 0.496 e. The summed E-state index contributed by atoms with van der Waals surface area (Å²) in [5.74, 6) is 1.36. The SMILES string of the molecule is COc1csc(-c2nc(Cl)c3ccc(Cl)cc3n2)c1. The predicted molar refractivity (Wildman–Crippen MR) is 79.4 cm³/mol. The Hall–Kier alpha value is -1.36. The summed E-state index contributed by atoms with van der Waals surface area (Å²) in [6.07, 6.45) is 0. The Balaban J connectivity index is 2.19. The molecule has 19 heavy (non-hydrogen) atoms. The van der Waals surface area contributed by atoms with Gasteiger partial charge >= 0.3 is 0 Å². The van der Waals surface area contributed by atoms with Crippen molar-refractivity contribution in [3.63, 3.8) is 0 Å². The van der Waals surface area contributed by atoms with Gasteiger partial charge in [-0.25, -0.2) is 9.97 Å². The van der Waals surface area contributed by atoms with E-state index in [2.05, 4.69) is 9.97 Å². The van der Waals surface area contributed by atoms with E-state index < -0.39 is 0 Å². The fourth-order valence-corrected chi connectivity index (χ4v) is 2.91. The van der Waals surface area contributed by atoms with Crippen LogP contribution in [-0.2, 0) is 0 Å². The van der Waals surface area contributed by atoms with Gasteiger partial charge in [0.2, 0.25) is 0 Å². The molecule has 0 radical (unpaired) electrons. The number of rotatable bonds is 2. The number of hydrogen-bond donors (Lipinski definition) is 0. The van der Waals surface area contributed by atoms with Gasteiger partial charge < -0.3 is 4.74 Å². The average molecular weight is 311 g/mol. The first-order valence-corrected chi connectivity index (χ1v) is 7.06. The van der Waals surface area contributed by atoms with Crippen LogP contribution in [0.1, 0.15) is 0 Å². The van der Waals surface area contributed by atoms with E-state index in [0.717, 1.165) is 21.5 Å². The first-order chi connectivity index (χ1) is 9.17. The van der Waals surface area contributed by atoms with Crippen molar-refractivity contribution in [1.82, 2.24) is 9.97 Å². The third kappa shape index (κ3) is 2.39. The van der Waals surface area contributed by atoms with Crippen LogP contribution in [0, 0.1) is 0 Å². The molecule has 0 aliphatic rings. The zero-order chi connectivity index (χ0) is 13.4. The standard InChI is InChI=1S/C13H8Cl2N2OS/c1-18-8-5-11(19-6-8)13-16-10-4-7(14)2-3-9(10)12(15)17-13/h2-6H,1H3. The average Bonchev–Trinajstić information content (AvgIpc) is 2.86. The monoisotopic (exact) mass is 310 g/mol. The lowest BCUT2D eigenvalue weighted by atomic mass is 10.2. The lowest BCUT2D eigenvalue weighted by Crippen LogP contribution is -1.90. The Bertz CT molecular complexity index is 757. The van der Waals surface area contributed by atoms with Crippen molar-refractivity contribution >= 4 is 45.4 Å². The van der Waals surface area contributed by atoms with Crippen molar-refractivity contribution < 1.29 is 4.74 Å². The molecule has 2 aromatic heterocycles. The van der Waals surface area contributed by atoms with Gasteiger partial charge in [0.25, 0.3) is 0 Å². The van der Waals surface area contributed by atoms with E-state index in [4.69, 9.17) is 27.9 Å². The summed E-state index contributed by atoms with van der Waals surface area (Å²) in [4.78, 5) is 9.71. The maximum atomic E-state index is 6.18. The van der Waals surface area contributed by atoms with Crippen LogP contribution in [0.5, 0.6) is 5.75 Å². The van der Waals surface area contributed by atoms with Gasteiger partial charge in [-0.1, -0.05) is 23.2 Å². The number of methoxy groups -OCH3 is 1. The van der Waals surface area contributed by atoms with E-state index in [1.807, 2.05) is 17.5 Å². The number of nitrogens with zero attached hydrogens (tertiary/aromatic N) is 2. The Morgan fingerprint density at radius 2 is 2.00 bits per heavy atom. The quantitative estimate of drug-likeness (QED) is 0.645. The van der Waals surface area contributed by atoms with E-state index in [1.54, 1.807) is 19.2 Å². The van der Waals surface area contributed by atoms with Crippen molar-refractivity contribution in [2.75, 3.05) is 7.11 Å². The van der Waals surface area contributed by atoms with E-state index >= 15 is 0 Å². The van der Waals surface area contributed by atoms with Gasteiger partial charge in [-0.3, -0.25) is 0 Å². The van der Waals surface area contributed by atoms with Crippen LogP contribution in [0.2, 0.25) is 10.2 Å². The smallest absolute Gasteiger partial charge is 0.171 e. The maximum absolute atomic E-state index is 6.18. The number of aromatic nitrogens is 2. The lowest BCUT2D eigenvalue weighted by Gasteiger charge is -2.03. The highest BCUT2D eigenvalue weighted by atomic mass is 35.5. The maximum Gasteiger partial charge on any atom is 0.171 e. The fraction of sp³-hybridized carbons (Fsp3) is 0.0769.